The van der Waals surface area contributed by atoms with Crippen molar-refractivity contribution in [1.29, 1.82) is 0 Å². The van der Waals surface area contributed by atoms with Crippen molar-refractivity contribution in [3.63, 3.8) is 0 Å². The Balaban J connectivity index is 0.000000116. The van der Waals surface area contributed by atoms with Crippen LogP contribution in [0.15, 0.2) is 208 Å². The Labute approximate surface area is 712 Å². The summed E-state index contributed by atoms with van der Waals surface area (Å²) < 4.78 is 43.8. The van der Waals surface area contributed by atoms with E-state index in [0.29, 0.717) is 88.6 Å². The Bertz CT molecular complexity index is 5710. The molecule has 3 aromatic carbocycles. The van der Waals surface area contributed by atoms with E-state index in [-0.39, 0.29) is 88.9 Å². The van der Waals surface area contributed by atoms with Gasteiger partial charge in [-0.1, -0.05) is 42.5 Å². The molecule has 4 aliphatic carbocycles. The first-order chi connectivity index (χ1) is 59.6. The molecule has 0 N–H and O–H groups in total. The van der Waals surface area contributed by atoms with Crippen LogP contribution in [0.3, 0.4) is 0 Å². The highest BCUT2D eigenvalue weighted by atomic mass is 19.1. The molecule has 26 nitrogen and oxygen atoms in total. The van der Waals surface area contributed by atoms with Gasteiger partial charge >= 0.3 is 0 Å². The fraction of sp³-hybridized carbons (Fsp3) is 0.351. The number of carbonyl (C=O) groups is 4. The third-order valence-corrected chi connectivity index (χ3v) is 25.8. The highest BCUT2D eigenvalue weighted by Gasteiger charge is 2.54. The van der Waals surface area contributed by atoms with Gasteiger partial charge in [-0.2, -0.15) is 10.2 Å². The molecule has 13 heterocycles. The van der Waals surface area contributed by atoms with Crippen molar-refractivity contribution in [2.75, 3.05) is 74.0 Å². The first-order valence-corrected chi connectivity index (χ1v) is 42.0. The van der Waals surface area contributed by atoms with Gasteiger partial charge in [-0.15, -0.1) is 4.80 Å². The van der Waals surface area contributed by atoms with E-state index in [9.17, 15) is 32.3 Å². The fourth-order valence-electron chi connectivity index (χ4n) is 19.8. The lowest BCUT2D eigenvalue weighted by Crippen LogP contribution is -2.51. The number of fused-ring (bicyclic) bond motifs is 8. The molecule has 628 valence electrons. The van der Waals surface area contributed by atoms with Gasteiger partial charge in [0.1, 0.15) is 46.4 Å². The van der Waals surface area contributed by atoms with Gasteiger partial charge in [-0.05, 0) is 223 Å². The van der Waals surface area contributed by atoms with Crippen molar-refractivity contribution in [2.45, 2.75) is 134 Å². The van der Waals surface area contributed by atoms with Gasteiger partial charge in [0.15, 0.2) is 23.2 Å². The fourth-order valence-corrected chi connectivity index (χ4v) is 19.8. The van der Waals surface area contributed by atoms with Crippen molar-refractivity contribution in [3.8, 4) is 39.9 Å². The van der Waals surface area contributed by atoms with Crippen LogP contribution >= 0.6 is 0 Å². The smallest absolute Gasteiger partial charge is 0.275 e. The maximum Gasteiger partial charge on any atom is 0.275 e. The molecule has 12 unspecified atom stereocenters. The largest absolute Gasteiger partial charge is 0.355 e. The number of aromatic nitrogens is 14. The number of halogens is 3. The maximum atomic E-state index is 14.9. The van der Waals surface area contributed by atoms with E-state index < -0.39 is 17.5 Å². The predicted molar refractivity (Wildman–Crippen MR) is 461 cm³/mol. The summed E-state index contributed by atoms with van der Waals surface area (Å²) in [6.07, 6.45) is 28.2. The first kappa shape index (κ1) is 82.0. The topological polar surface area (TPSA) is 267 Å². The minimum atomic E-state index is -0.539. The summed E-state index contributed by atoms with van der Waals surface area (Å²) in [4.78, 5) is 120. The molecule has 4 aliphatic heterocycles. The molecule has 29 heteroatoms. The molecule has 12 atom stereocenters. The Morgan fingerprint density at radius 2 is 0.740 bits per heavy atom. The summed E-state index contributed by atoms with van der Waals surface area (Å²) in [5, 5.41) is 8.40. The van der Waals surface area contributed by atoms with Crippen LogP contribution in [0.5, 0.6) is 0 Å². The van der Waals surface area contributed by atoms with Crippen molar-refractivity contribution in [2.24, 2.45) is 23.7 Å². The van der Waals surface area contributed by atoms with Crippen LogP contribution < -0.4 is 19.6 Å². The highest BCUT2D eigenvalue weighted by Crippen LogP contribution is 2.47. The van der Waals surface area contributed by atoms with Crippen molar-refractivity contribution in [1.82, 2.24) is 89.4 Å². The average molecular weight is 1660 g/mol. The summed E-state index contributed by atoms with van der Waals surface area (Å²) in [6, 6.07) is 39.7. The minimum absolute atomic E-state index is 0.0229. The number of likely N-dealkylation sites (tertiary alicyclic amines) is 4. The number of pyridine rings is 5. The molecular weight excluding hydrogens is 1560 g/mol. The maximum absolute atomic E-state index is 14.9. The number of hydrogen-bond donors (Lipinski definition) is 0. The number of amides is 4. The van der Waals surface area contributed by atoms with Crippen molar-refractivity contribution in [3.05, 3.63) is 276 Å². The molecule has 0 radical (unpaired) electrons. The molecule has 4 saturated heterocycles. The molecule has 4 saturated carbocycles. The van der Waals surface area contributed by atoms with Crippen molar-refractivity contribution < 1.29 is 32.3 Å². The van der Waals surface area contributed by atoms with E-state index >= 15 is 0 Å². The third-order valence-electron chi connectivity index (χ3n) is 25.8. The third kappa shape index (κ3) is 16.8. The number of nitrogens with zero attached hydrogens (tertiary/aromatic N) is 22. The molecule has 123 heavy (non-hydrogen) atoms. The van der Waals surface area contributed by atoms with Crippen LogP contribution in [0.2, 0.25) is 0 Å². The Morgan fingerprint density at radius 1 is 0.358 bits per heavy atom. The van der Waals surface area contributed by atoms with Gasteiger partial charge in [-0.3, -0.25) is 19.2 Å². The Hall–Kier alpha value is -13.3. The van der Waals surface area contributed by atoms with Crippen LogP contribution in [0.1, 0.15) is 121 Å². The lowest BCUT2D eigenvalue weighted by molar-refractivity contribution is 0.0670. The predicted octanol–water partition coefficient (Wildman–Crippen LogP) is 13.6. The molecule has 9 aromatic heterocycles. The van der Waals surface area contributed by atoms with E-state index in [1.54, 1.807) is 98.1 Å². The second-order valence-corrected chi connectivity index (χ2v) is 33.8. The van der Waals surface area contributed by atoms with Crippen molar-refractivity contribution >= 4 is 46.9 Å². The number of carbonyl (C=O) groups excluding carboxylic acids is 4. The molecule has 8 fully saturated rings. The number of aryl methyl sites for hydroxylation is 5. The summed E-state index contributed by atoms with van der Waals surface area (Å²) in [7, 11) is 8.18. The van der Waals surface area contributed by atoms with E-state index in [4.69, 9.17) is 0 Å². The normalized spacial score (nSPS) is 22.1. The minimum Gasteiger partial charge on any atom is -0.355 e. The van der Waals surface area contributed by atoms with Crippen LogP contribution in [-0.4, -0.2) is 216 Å². The van der Waals surface area contributed by atoms with Gasteiger partial charge in [0.25, 0.3) is 23.6 Å². The zero-order chi connectivity index (χ0) is 85.4. The quantitative estimate of drug-likeness (QED) is 0.0869. The number of benzene rings is 3. The standard InChI is InChI=1S/3C24H24FN5O.C22H25N7O/c1-15-4-7-22(28-13-15)29(2)20-10-16-11-21(20)30(14-16)24(31)19-12-17(25)5-6-18(19)23-26-8-3-9-27-23;1-15-7-8-21(28-13-15)29(2)19-11-16-12-20(19)30(14-16)24(31)17-5-3-6-18(25)22(17)23-26-9-4-10-27-23;1-15-7-8-21(28-13-15)29(2)19-11-16-12-20(19)30(14-16)24(31)22-17(5-3-6-18(22)25)23-26-9-4-10-27-23;1-14-4-7-20(23-12-14)27(3)18-10-16-11-19(18)28(13-16)22(30)21-17(6-5-15(2)26-21)29-24-8-9-25-29/h3-9,12-13,16,20-21H,10-11,14H2,1-2H3;2*3-10,13,16,19-20H,11-12,14H2,1-2H3;4-9,12,16,18-19H,10-11,13H2,1-3H3. The highest BCUT2D eigenvalue weighted by molar-refractivity contribution is 6.03. The summed E-state index contributed by atoms with van der Waals surface area (Å²) in [5.74, 6) is 4.32. The van der Waals surface area contributed by atoms with E-state index in [1.807, 2.05) is 149 Å². The van der Waals surface area contributed by atoms with Crippen LogP contribution in [-0.2, 0) is 0 Å². The van der Waals surface area contributed by atoms with Gasteiger partial charge in [0, 0.05) is 133 Å². The van der Waals surface area contributed by atoms with Gasteiger partial charge in [0.05, 0.1) is 83.0 Å². The number of piperidine rings is 4. The molecule has 12 aromatic rings. The van der Waals surface area contributed by atoms with Gasteiger partial charge < -0.3 is 39.2 Å². The number of rotatable bonds is 16. The Kier molecular flexibility index (Phi) is 23.3. The first-order valence-electron chi connectivity index (χ1n) is 42.0. The monoisotopic (exact) mass is 1650 g/mol. The van der Waals surface area contributed by atoms with Gasteiger partial charge in [-0.25, -0.2) is 68.0 Å². The molecule has 4 amide bonds. The second-order valence-electron chi connectivity index (χ2n) is 33.8. The summed E-state index contributed by atoms with van der Waals surface area (Å²) in [6.45, 7) is 12.8. The number of anilines is 4. The molecule has 20 rings (SSSR count). The second kappa shape index (κ2) is 35.0. The van der Waals surface area contributed by atoms with E-state index in [1.165, 1.54) is 29.1 Å². The van der Waals surface area contributed by atoms with E-state index in [0.717, 1.165) is 109 Å². The van der Waals surface area contributed by atoms with E-state index in [2.05, 4.69) is 104 Å². The molecular formula is C94H97F3N22O4. The summed E-state index contributed by atoms with van der Waals surface area (Å²) >= 11 is 0. The molecule has 0 spiro atoms. The summed E-state index contributed by atoms with van der Waals surface area (Å²) in [5.41, 5.74) is 8.14. The zero-order valence-electron chi connectivity index (χ0n) is 70.1. The number of likely N-dealkylation sites (N-methyl/N-ethyl adjacent to an activating group) is 4. The number of hydrogen-bond acceptors (Lipinski definition) is 21. The van der Waals surface area contributed by atoms with Crippen LogP contribution in [0, 0.1) is 75.7 Å². The van der Waals surface area contributed by atoms with Gasteiger partial charge in [0.2, 0.25) is 0 Å². The molecule has 8 aliphatic rings. The molecule has 8 bridgehead atoms. The Morgan fingerprint density at radius 3 is 1.15 bits per heavy atom. The SMILES string of the molecule is Cc1ccc(N(C)C2CC3CC2N(C(=O)c2c(F)cccc2-c2ncccn2)C3)nc1.Cc1ccc(N(C)C2CC3CC2N(C(=O)c2cc(F)ccc2-c2ncccn2)C3)nc1.Cc1ccc(N(C)C2CC3CC2N(C(=O)c2cccc(F)c2-c2ncccn2)C3)nc1.Cc1ccc(N(C)C2CC3CC2N(C(=O)c2nc(C)ccc2-n2nccn2)C3)nc1. The lowest BCUT2D eigenvalue weighted by Gasteiger charge is -2.39. The lowest BCUT2D eigenvalue weighted by atomic mass is 10.0. The van der Waals surface area contributed by atoms with Crippen LogP contribution in [0.25, 0.3) is 39.9 Å². The average Bonchev–Trinajstić information content (AvgIpc) is 1.62. The zero-order valence-corrected chi connectivity index (χ0v) is 70.1. The van der Waals surface area contributed by atoms with Crippen LogP contribution in [0.4, 0.5) is 36.4 Å².